The molecule has 1 heterocycles. The van der Waals surface area contributed by atoms with Crippen LogP contribution in [0, 0.1) is 16.7 Å². The average molecular weight is 261 g/mol. The molecule has 1 aromatic rings. The number of nitrogens with zero attached hydrogens (tertiary/aromatic N) is 2. The predicted molar refractivity (Wildman–Crippen MR) is 73.6 cm³/mol. The van der Waals surface area contributed by atoms with Crippen LogP contribution >= 0.6 is 0 Å². The lowest BCUT2D eigenvalue weighted by molar-refractivity contribution is 0.0263. The van der Waals surface area contributed by atoms with E-state index in [0.29, 0.717) is 17.8 Å². The van der Waals surface area contributed by atoms with Gasteiger partial charge in [-0.15, -0.1) is 0 Å². The van der Waals surface area contributed by atoms with Gasteiger partial charge in [0.15, 0.2) is 0 Å². The van der Waals surface area contributed by atoms with Gasteiger partial charge in [-0.05, 0) is 30.6 Å². The number of hydrogen-bond acceptors (Lipinski definition) is 4. The molecule has 2 aliphatic carbocycles. The van der Waals surface area contributed by atoms with Crippen molar-refractivity contribution in [3.8, 4) is 5.88 Å². The first kappa shape index (κ1) is 12.9. The summed E-state index contributed by atoms with van der Waals surface area (Å²) >= 11 is 0. The van der Waals surface area contributed by atoms with E-state index in [-0.39, 0.29) is 11.5 Å². The van der Waals surface area contributed by atoms with E-state index in [1.165, 1.54) is 12.8 Å². The molecule has 2 bridgehead atoms. The Labute approximate surface area is 114 Å². The lowest BCUT2D eigenvalue weighted by atomic mass is 9.70. The van der Waals surface area contributed by atoms with Gasteiger partial charge in [-0.1, -0.05) is 20.8 Å². The molecule has 0 saturated heterocycles. The largest absolute Gasteiger partial charge is 0.472 e. The molecule has 3 rings (SSSR count). The number of nitrogens with two attached hydrogens (primary N) is 1. The lowest BCUT2D eigenvalue weighted by Crippen LogP contribution is -2.39. The summed E-state index contributed by atoms with van der Waals surface area (Å²) in [6.45, 7) is 7.51. The minimum Gasteiger partial charge on any atom is -0.472 e. The number of rotatable bonds is 3. The molecule has 4 heteroatoms. The van der Waals surface area contributed by atoms with Crippen LogP contribution in [-0.4, -0.2) is 16.1 Å². The molecule has 0 aromatic carbocycles. The Kier molecular flexibility index (Phi) is 2.82. The van der Waals surface area contributed by atoms with Crippen molar-refractivity contribution in [2.45, 2.75) is 52.7 Å². The molecular formula is C15H23N3O. The van der Waals surface area contributed by atoms with Crippen molar-refractivity contribution in [3.05, 3.63) is 18.1 Å². The Hall–Kier alpha value is -1.16. The number of fused-ring (bicyclic) bond motifs is 2. The zero-order valence-electron chi connectivity index (χ0n) is 12.0. The van der Waals surface area contributed by atoms with Crippen LogP contribution in [0.2, 0.25) is 0 Å². The van der Waals surface area contributed by atoms with E-state index < -0.39 is 0 Å². The molecular weight excluding hydrogens is 238 g/mol. The second-order valence-corrected chi connectivity index (χ2v) is 6.73. The van der Waals surface area contributed by atoms with Crippen molar-refractivity contribution in [1.29, 1.82) is 0 Å². The normalized spacial score (nSPS) is 35.6. The van der Waals surface area contributed by atoms with Crippen LogP contribution in [0.5, 0.6) is 5.88 Å². The Morgan fingerprint density at radius 3 is 2.63 bits per heavy atom. The van der Waals surface area contributed by atoms with E-state index >= 15 is 0 Å². The third kappa shape index (κ3) is 1.69. The molecule has 0 radical (unpaired) electrons. The molecule has 4 nitrogen and oxygen atoms in total. The second-order valence-electron chi connectivity index (χ2n) is 6.73. The van der Waals surface area contributed by atoms with Gasteiger partial charge in [0.05, 0.1) is 0 Å². The minimum atomic E-state index is 0.237. The van der Waals surface area contributed by atoms with E-state index in [0.717, 1.165) is 18.0 Å². The summed E-state index contributed by atoms with van der Waals surface area (Å²) in [5.41, 5.74) is 7.05. The fourth-order valence-corrected chi connectivity index (χ4v) is 4.04. The summed E-state index contributed by atoms with van der Waals surface area (Å²) in [6, 6.07) is 0. The van der Waals surface area contributed by atoms with Gasteiger partial charge in [0.1, 0.15) is 11.8 Å². The van der Waals surface area contributed by atoms with Crippen LogP contribution in [0.15, 0.2) is 12.4 Å². The molecule has 0 aliphatic heterocycles. The quantitative estimate of drug-likeness (QED) is 0.908. The van der Waals surface area contributed by atoms with Gasteiger partial charge in [-0.2, -0.15) is 0 Å². The van der Waals surface area contributed by atoms with Crippen molar-refractivity contribution >= 4 is 0 Å². The molecule has 0 amide bonds. The number of aromatic nitrogens is 2. The highest BCUT2D eigenvalue weighted by atomic mass is 16.5. The molecule has 2 aliphatic rings. The Morgan fingerprint density at radius 2 is 2.05 bits per heavy atom. The summed E-state index contributed by atoms with van der Waals surface area (Å²) in [5, 5.41) is 0. The fourth-order valence-electron chi connectivity index (χ4n) is 4.04. The Bertz CT molecular complexity index is 488. The van der Waals surface area contributed by atoms with Crippen LogP contribution in [0.1, 0.15) is 45.7 Å². The standard InChI is InChI=1S/C15H23N3O/c1-14(2)10-4-5-15(14,3)12(8-10)19-13-11(9-16)17-6-7-18-13/h6-7,10,12H,4-5,8-9,16H2,1-3H3. The van der Waals surface area contributed by atoms with Crippen LogP contribution in [0.4, 0.5) is 0 Å². The summed E-state index contributed by atoms with van der Waals surface area (Å²) in [5.74, 6) is 1.39. The van der Waals surface area contributed by atoms with Gasteiger partial charge < -0.3 is 10.5 Å². The molecule has 2 saturated carbocycles. The highest BCUT2D eigenvalue weighted by Gasteiger charge is 2.62. The Balaban J connectivity index is 1.86. The van der Waals surface area contributed by atoms with Crippen molar-refractivity contribution in [1.82, 2.24) is 9.97 Å². The smallest absolute Gasteiger partial charge is 0.237 e. The zero-order chi connectivity index (χ0) is 13.7. The molecule has 19 heavy (non-hydrogen) atoms. The fraction of sp³-hybridized carbons (Fsp3) is 0.733. The van der Waals surface area contributed by atoms with Gasteiger partial charge >= 0.3 is 0 Å². The molecule has 1 aromatic heterocycles. The predicted octanol–water partition coefficient (Wildman–Crippen LogP) is 2.53. The van der Waals surface area contributed by atoms with Gasteiger partial charge in [0, 0.05) is 24.4 Å². The van der Waals surface area contributed by atoms with Gasteiger partial charge in [0.2, 0.25) is 5.88 Å². The average Bonchev–Trinajstić information content (AvgIpc) is 2.72. The molecule has 104 valence electrons. The van der Waals surface area contributed by atoms with Crippen LogP contribution in [-0.2, 0) is 6.54 Å². The van der Waals surface area contributed by atoms with E-state index in [4.69, 9.17) is 10.5 Å². The maximum atomic E-state index is 6.22. The minimum absolute atomic E-state index is 0.237. The maximum absolute atomic E-state index is 6.22. The molecule has 3 atom stereocenters. The first-order valence-electron chi connectivity index (χ1n) is 7.15. The highest BCUT2D eigenvalue weighted by molar-refractivity contribution is 5.20. The number of hydrogen-bond donors (Lipinski definition) is 1. The van der Waals surface area contributed by atoms with E-state index in [1.807, 2.05) is 0 Å². The first-order valence-corrected chi connectivity index (χ1v) is 7.15. The maximum Gasteiger partial charge on any atom is 0.237 e. The summed E-state index contributed by atoms with van der Waals surface area (Å²) in [7, 11) is 0. The SMILES string of the molecule is CC1(C)C2CCC1(C)C(Oc1nccnc1CN)C2. The monoisotopic (exact) mass is 261 g/mol. The van der Waals surface area contributed by atoms with Crippen molar-refractivity contribution < 1.29 is 4.74 Å². The third-order valence-electron chi connectivity index (χ3n) is 5.90. The number of ether oxygens (including phenoxy) is 1. The van der Waals surface area contributed by atoms with Crippen LogP contribution in [0.25, 0.3) is 0 Å². The highest BCUT2D eigenvalue weighted by Crippen LogP contribution is 2.66. The molecule has 0 spiro atoms. The molecule has 3 unspecified atom stereocenters. The van der Waals surface area contributed by atoms with E-state index in [1.54, 1.807) is 12.4 Å². The summed E-state index contributed by atoms with van der Waals surface area (Å²) in [4.78, 5) is 8.56. The first-order chi connectivity index (χ1) is 8.99. The van der Waals surface area contributed by atoms with Gasteiger partial charge in [-0.3, -0.25) is 4.98 Å². The van der Waals surface area contributed by atoms with Gasteiger partial charge in [0.25, 0.3) is 0 Å². The second kappa shape index (κ2) is 4.17. The van der Waals surface area contributed by atoms with Crippen molar-refractivity contribution in [3.63, 3.8) is 0 Å². The van der Waals surface area contributed by atoms with Crippen LogP contribution < -0.4 is 10.5 Å². The third-order valence-corrected chi connectivity index (χ3v) is 5.90. The molecule has 2 fully saturated rings. The van der Waals surface area contributed by atoms with E-state index in [9.17, 15) is 0 Å². The lowest BCUT2D eigenvalue weighted by Gasteiger charge is -2.38. The molecule has 2 N–H and O–H groups in total. The van der Waals surface area contributed by atoms with Crippen molar-refractivity contribution in [2.75, 3.05) is 0 Å². The summed E-state index contributed by atoms with van der Waals surface area (Å²) < 4.78 is 6.22. The van der Waals surface area contributed by atoms with E-state index in [2.05, 4.69) is 30.7 Å². The van der Waals surface area contributed by atoms with Crippen molar-refractivity contribution in [2.24, 2.45) is 22.5 Å². The summed E-state index contributed by atoms with van der Waals surface area (Å²) in [6.07, 6.45) is 7.28. The van der Waals surface area contributed by atoms with Crippen LogP contribution in [0.3, 0.4) is 0 Å². The zero-order valence-corrected chi connectivity index (χ0v) is 12.0. The Morgan fingerprint density at radius 1 is 1.32 bits per heavy atom. The van der Waals surface area contributed by atoms with Gasteiger partial charge in [-0.25, -0.2) is 4.98 Å². The topological polar surface area (TPSA) is 61.0 Å².